The Kier molecular flexibility index (Phi) is 7.53. The Morgan fingerprint density at radius 1 is 1.33 bits per heavy atom. The standard InChI is InChI=1S/C19H31N3O2/c1-3-17(10-13-23)20-19(24)21-18-8-11-22(12-9-18)14-16-7-5-4-6-15(16)2/h4-7,17-18,23H,3,8-14H2,1-2H3,(H2,20,21,24). The zero-order valence-electron chi connectivity index (χ0n) is 14.9. The number of nitrogens with zero attached hydrogens (tertiary/aromatic N) is 1. The number of aliphatic hydroxyl groups excluding tert-OH is 1. The number of nitrogens with one attached hydrogen (secondary N) is 2. The van der Waals surface area contributed by atoms with E-state index < -0.39 is 0 Å². The van der Waals surface area contributed by atoms with E-state index in [2.05, 4.69) is 46.7 Å². The molecule has 1 saturated heterocycles. The van der Waals surface area contributed by atoms with E-state index in [1.54, 1.807) is 0 Å². The molecule has 1 atom stereocenters. The fourth-order valence-corrected chi connectivity index (χ4v) is 3.21. The van der Waals surface area contributed by atoms with Crippen molar-refractivity contribution >= 4 is 6.03 Å². The van der Waals surface area contributed by atoms with Gasteiger partial charge in [0.25, 0.3) is 0 Å². The van der Waals surface area contributed by atoms with Crippen molar-refractivity contribution in [1.82, 2.24) is 15.5 Å². The highest BCUT2D eigenvalue weighted by molar-refractivity contribution is 5.74. The van der Waals surface area contributed by atoms with Crippen LogP contribution in [0.15, 0.2) is 24.3 Å². The van der Waals surface area contributed by atoms with Gasteiger partial charge in [0.05, 0.1) is 0 Å². The average Bonchev–Trinajstić information content (AvgIpc) is 2.58. The fraction of sp³-hybridized carbons (Fsp3) is 0.632. The number of hydrogen-bond acceptors (Lipinski definition) is 3. The highest BCUT2D eigenvalue weighted by Crippen LogP contribution is 2.16. The predicted molar refractivity (Wildman–Crippen MR) is 96.9 cm³/mol. The monoisotopic (exact) mass is 333 g/mol. The SMILES string of the molecule is CCC(CCO)NC(=O)NC1CCN(Cc2ccccc2C)CC1. The van der Waals surface area contributed by atoms with Crippen molar-refractivity contribution in [3.8, 4) is 0 Å². The van der Waals surface area contributed by atoms with E-state index in [-0.39, 0.29) is 24.7 Å². The molecule has 134 valence electrons. The summed E-state index contributed by atoms with van der Waals surface area (Å²) >= 11 is 0. The lowest BCUT2D eigenvalue weighted by molar-refractivity contribution is 0.184. The van der Waals surface area contributed by atoms with Gasteiger partial charge in [-0.25, -0.2) is 4.79 Å². The summed E-state index contributed by atoms with van der Waals surface area (Å²) in [7, 11) is 0. The minimum absolute atomic E-state index is 0.0520. The lowest BCUT2D eigenvalue weighted by Gasteiger charge is -2.33. The molecule has 2 amide bonds. The van der Waals surface area contributed by atoms with Crippen LogP contribution in [0, 0.1) is 6.92 Å². The summed E-state index contributed by atoms with van der Waals surface area (Å²) in [6.45, 7) is 7.28. The zero-order chi connectivity index (χ0) is 17.4. The maximum absolute atomic E-state index is 12.1. The van der Waals surface area contributed by atoms with E-state index in [4.69, 9.17) is 5.11 Å². The Bertz CT molecular complexity index is 513. The lowest BCUT2D eigenvalue weighted by Crippen LogP contribution is -2.50. The quantitative estimate of drug-likeness (QED) is 0.718. The molecule has 0 saturated carbocycles. The van der Waals surface area contributed by atoms with Gasteiger partial charge in [0.2, 0.25) is 0 Å². The van der Waals surface area contributed by atoms with E-state index in [1.165, 1.54) is 11.1 Å². The maximum atomic E-state index is 12.1. The molecule has 1 heterocycles. The summed E-state index contributed by atoms with van der Waals surface area (Å²) in [4.78, 5) is 14.5. The summed E-state index contributed by atoms with van der Waals surface area (Å²) in [6, 6.07) is 8.71. The molecule has 0 aromatic heterocycles. The van der Waals surface area contributed by atoms with Crippen molar-refractivity contribution in [3.05, 3.63) is 35.4 Å². The first kappa shape index (κ1) is 18.7. The Morgan fingerprint density at radius 3 is 2.67 bits per heavy atom. The smallest absolute Gasteiger partial charge is 0.315 e. The summed E-state index contributed by atoms with van der Waals surface area (Å²) < 4.78 is 0. The molecule has 0 bridgehead atoms. The van der Waals surface area contributed by atoms with Crippen LogP contribution in [-0.4, -0.2) is 47.8 Å². The summed E-state index contributed by atoms with van der Waals surface area (Å²) in [5.74, 6) is 0. The first-order valence-corrected chi connectivity index (χ1v) is 9.07. The van der Waals surface area contributed by atoms with E-state index >= 15 is 0 Å². The second kappa shape index (κ2) is 9.64. The van der Waals surface area contributed by atoms with Gasteiger partial charge in [-0.2, -0.15) is 0 Å². The van der Waals surface area contributed by atoms with Gasteiger partial charge in [-0.05, 0) is 43.7 Å². The van der Waals surface area contributed by atoms with Crippen molar-refractivity contribution in [2.75, 3.05) is 19.7 Å². The van der Waals surface area contributed by atoms with E-state index in [0.29, 0.717) is 6.42 Å². The molecule has 1 aromatic rings. The average molecular weight is 333 g/mol. The topological polar surface area (TPSA) is 64.6 Å². The van der Waals surface area contributed by atoms with E-state index in [0.717, 1.165) is 38.9 Å². The van der Waals surface area contributed by atoms with Gasteiger partial charge < -0.3 is 15.7 Å². The number of carbonyl (C=O) groups is 1. The number of aliphatic hydroxyl groups is 1. The molecule has 0 radical (unpaired) electrons. The summed E-state index contributed by atoms with van der Waals surface area (Å²) in [5.41, 5.74) is 2.73. The van der Waals surface area contributed by atoms with Crippen LogP contribution in [0.25, 0.3) is 0 Å². The van der Waals surface area contributed by atoms with Crippen LogP contribution in [-0.2, 0) is 6.54 Å². The minimum atomic E-state index is -0.104. The molecule has 1 unspecified atom stereocenters. The van der Waals surface area contributed by atoms with Gasteiger partial charge >= 0.3 is 6.03 Å². The Morgan fingerprint density at radius 2 is 2.04 bits per heavy atom. The fourth-order valence-electron chi connectivity index (χ4n) is 3.21. The van der Waals surface area contributed by atoms with Crippen LogP contribution >= 0.6 is 0 Å². The van der Waals surface area contributed by atoms with E-state index in [9.17, 15) is 4.79 Å². The van der Waals surface area contributed by atoms with Gasteiger partial charge in [0.15, 0.2) is 0 Å². The predicted octanol–water partition coefficient (Wildman–Crippen LogP) is 2.42. The number of benzene rings is 1. The maximum Gasteiger partial charge on any atom is 0.315 e. The largest absolute Gasteiger partial charge is 0.396 e. The summed E-state index contributed by atoms with van der Waals surface area (Å²) in [5, 5.41) is 15.0. The number of amides is 2. The Hall–Kier alpha value is -1.59. The van der Waals surface area contributed by atoms with Gasteiger partial charge in [-0.3, -0.25) is 4.90 Å². The first-order valence-electron chi connectivity index (χ1n) is 9.07. The van der Waals surface area contributed by atoms with Gasteiger partial charge in [-0.1, -0.05) is 31.2 Å². The van der Waals surface area contributed by atoms with Crippen LogP contribution in [0.1, 0.15) is 43.7 Å². The number of piperidine rings is 1. The molecular weight excluding hydrogens is 302 g/mol. The Labute approximate surface area is 145 Å². The van der Waals surface area contributed by atoms with Crippen molar-refractivity contribution in [2.45, 2.75) is 58.2 Å². The number of carbonyl (C=O) groups excluding carboxylic acids is 1. The van der Waals surface area contributed by atoms with Crippen LogP contribution in [0.4, 0.5) is 4.79 Å². The molecule has 0 spiro atoms. The van der Waals surface area contributed by atoms with Crippen LogP contribution in [0.5, 0.6) is 0 Å². The molecule has 5 nitrogen and oxygen atoms in total. The molecule has 5 heteroatoms. The first-order chi connectivity index (χ1) is 11.6. The molecule has 0 aliphatic carbocycles. The highest BCUT2D eigenvalue weighted by atomic mass is 16.3. The van der Waals surface area contributed by atoms with Crippen LogP contribution < -0.4 is 10.6 Å². The van der Waals surface area contributed by atoms with E-state index in [1.807, 2.05) is 6.92 Å². The molecule has 1 aliphatic heterocycles. The van der Waals surface area contributed by atoms with Crippen LogP contribution in [0.3, 0.4) is 0 Å². The molecule has 3 N–H and O–H groups in total. The normalized spacial score (nSPS) is 17.5. The van der Waals surface area contributed by atoms with Crippen molar-refractivity contribution in [1.29, 1.82) is 0 Å². The number of hydrogen-bond donors (Lipinski definition) is 3. The minimum Gasteiger partial charge on any atom is -0.396 e. The third-order valence-corrected chi connectivity index (χ3v) is 4.88. The highest BCUT2D eigenvalue weighted by Gasteiger charge is 2.21. The molecule has 2 rings (SSSR count). The molecule has 1 fully saturated rings. The van der Waals surface area contributed by atoms with Crippen LogP contribution in [0.2, 0.25) is 0 Å². The molecule has 1 aromatic carbocycles. The number of aryl methyl sites for hydroxylation is 1. The third kappa shape index (κ3) is 5.80. The van der Waals surface area contributed by atoms with Crippen molar-refractivity contribution in [2.24, 2.45) is 0 Å². The molecular formula is C19H31N3O2. The van der Waals surface area contributed by atoms with Gasteiger partial charge in [0.1, 0.15) is 0 Å². The second-order valence-electron chi connectivity index (χ2n) is 6.71. The number of rotatable bonds is 7. The molecule has 24 heavy (non-hydrogen) atoms. The number of urea groups is 1. The number of likely N-dealkylation sites (tertiary alicyclic amines) is 1. The summed E-state index contributed by atoms with van der Waals surface area (Å²) in [6.07, 6.45) is 3.41. The molecule has 1 aliphatic rings. The Balaban J connectivity index is 1.72. The van der Waals surface area contributed by atoms with Crippen molar-refractivity contribution < 1.29 is 9.90 Å². The third-order valence-electron chi connectivity index (χ3n) is 4.88. The van der Waals surface area contributed by atoms with Crippen molar-refractivity contribution in [3.63, 3.8) is 0 Å². The zero-order valence-corrected chi connectivity index (χ0v) is 14.9. The second-order valence-corrected chi connectivity index (χ2v) is 6.71. The lowest BCUT2D eigenvalue weighted by atomic mass is 10.0. The van der Waals surface area contributed by atoms with Gasteiger partial charge in [-0.15, -0.1) is 0 Å². The van der Waals surface area contributed by atoms with Gasteiger partial charge in [0, 0.05) is 38.3 Å².